The fourth-order valence-electron chi connectivity index (χ4n) is 1.83. The van der Waals surface area contributed by atoms with Crippen molar-refractivity contribution in [2.24, 2.45) is 0 Å². The molecule has 0 bridgehead atoms. The lowest BCUT2D eigenvalue weighted by Gasteiger charge is -2.19. The van der Waals surface area contributed by atoms with Crippen molar-refractivity contribution < 1.29 is 28.5 Å². The van der Waals surface area contributed by atoms with Gasteiger partial charge in [0.15, 0.2) is 0 Å². The van der Waals surface area contributed by atoms with Crippen LogP contribution < -0.4 is 0 Å². The molecule has 2 amide bonds. The molecule has 0 aliphatic carbocycles. The van der Waals surface area contributed by atoms with Crippen LogP contribution in [0, 0.1) is 10.1 Å². The Hall–Kier alpha value is -2.62. The molecule has 0 N–H and O–H groups in total. The summed E-state index contributed by atoms with van der Waals surface area (Å²) in [5.74, 6) is -1.79. The van der Waals surface area contributed by atoms with Crippen LogP contribution in [-0.2, 0) is 14.3 Å². The van der Waals surface area contributed by atoms with E-state index in [0.717, 1.165) is 11.0 Å². The predicted octanol–water partition coefficient (Wildman–Crippen LogP) is 2.18. The number of thioether (sulfide) groups is 1. The van der Waals surface area contributed by atoms with Crippen molar-refractivity contribution in [3.05, 3.63) is 32.9 Å². The number of carbonyl (C=O) groups is 3. The third-order valence-electron chi connectivity index (χ3n) is 2.90. The maximum atomic E-state index is 12.2. The zero-order valence-corrected chi connectivity index (χ0v) is 13.0. The Morgan fingerprint density at radius 2 is 2.22 bits per heavy atom. The van der Waals surface area contributed by atoms with Gasteiger partial charge in [-0.05, 0) is 31.7 Å². The second kappa shape index (κ2) is 6.65. The number of rotatable bonds is 5. The van der Waals surface area contributed by atoms with Crippen LogP contribution in [-0.4, -0.2) is 39.6 Å². The zero-order valence-electron chi connectivity index (χ0n) is 12.2. The lowest BCUT2D eigenvalue weighted by atomic mass is 10.3. The quantitative estimate of drug-likeness (QED) is 0.346. The Bertz CT molecular complexity index is 709. The van der Waals surface area contributed by atoms with Gasteiger partial charge in [0.2, 0.25) is 0 Å². The maximum absolute atomic E-state index is 12.2. The van der Waals surface area contributed by atoms with Crippen LogP contribution in [0.3, 0.4) is 0 Å². The number of furan rings is 1. The molecule has 1 fully saturated rings. The van der Waals surface area contributed by atoms with Gasteiger partial charge in [0.05, 0.1) is 17.6 Å². The lowest BCUT2D eigenvalue weighted by molar-refractivity contribution is -0.402. The first-order chi connectivity index (χ1) is 10.8. The number of hydrogen-bond donors (Lipinski definition) is 0. The Balaban J connectivity index is 2.21. The van der Waals surface area contributed by atoms with E-state index in [1.165, 1.54) is 19.1 Å². The fraction of sp³-hybridized carbons (Fsp3) is 0.308. The molecule has 10 heteroatoms. The number of amides is 2. The van der Waals surface area contributed by atoms with Crippen LogP contribution in [0.5, 0.6) is 0 Å². The number of imide groups is 1. The van der Waals surface area contributed by atoms with Crippen LogP contribution in [0.15, 0.2) is 21.5 Å². The molecule has 9 nitrogen and oxygen atoms in total. The van der Waals surface area contributed by atoms with Gasteiger partial charge in [0.25, 0.3) is 11.1 Å². The molecule has 2 rings (SSSR count). The molecule has 1 atom stereocenters. The third kappa shape index (κ3) is 3.42. The van der Waals surface area contributed by atoms with Crippen molar-refractivity contribution >= 4 is 40.8 Å². The summed E-state index contributed by atoms with van der Waals surface area (Å²) in [7, 11) is 0. The van der Waals surface area contributed by atoms with Gasteiger partial charge in [-0.2, -0.15) is 0 Å². The van der Waals surface area contributed by atoms with Gasteiger partial charge < -0.3 is 9.15 Å². The Kier molecular flexibility index (Phi) is 4.84. The van der Waals surface area contributed by atoms with Gasteiger partial charge in [-0.1, -0.05) is 0 Å². The zero-order chi connectivity index (χ0) is 17.1. The Morgan fingerprint density at radius 3 is 2.78 bits per heavy atom. The number of nitrogens with zero attached hydrogens (tertiary/aromatic N) is 2. The van der Waals surface area contributed by atoms with Crippen LogP contribution in [0.1, 0.15) is 19.6 Å². The smallest absolute Gasteiger partial charge is 0.433 e. The van der Waals surface area contributed by atoms with E-state index in [1.807, 2.05) is 0 Å². The van der Waals surface area contributed by atoms with E-state index in [9.17, 15) is 24.5 Å². The van der Waals surface area contributed by atoms with E-state index in [4.69, 9.17) is 9.15 Å². The number of esters is 1. The number of carbonyl (C=O) groups excluding carboxylic acids is 3. The lowest BCUT2D eigenvalue weighted by Crippen LogP contribution is -2.42. The van der Waals surface area contributed by atoms with Crippen molar-refractivity contribution in [1.82, 2.24) is 4.90 Å². The summed E-state index contributed by atoms with van der Waals surface area (Å²) in [6, 6.07) is 1.39. The molecule has 1 saturated heterocycles. The highest BCUT2D eigenvalue weighted by molar-refractivity contribution is 8.18. The maximum Gasteiger partial charge on any atom is 0.433 e. The first kappa shape index (κ1) is 16.7. The molecular weight excluding hydrogens is 328 g/mol. The summed E-state index contributed by atoms with van der Waals surface area (Å²) >= 11 is 0.619. The average Bonchev–Trinajstić information content (AvgIpc) is 3.05. The van der Waals surface area contributed by atoms with Crippen molar-refractivity contribution in [1.29, 1.82) is 0 Å². The topological polar surface area (TPSA) is 120 Å². The summed E-state index contributed by atoms with van der Waals surface area (Å²) in [6.45, 7) is 3.13. The van der Waals surface area contributed by atoms with E-state index < -0.39 is 34.0 Å². The Morgan fingerprint density at radius 1 is 1.52 bits per heavy atom. The van der Waals surface area contributed by atoms with E-state index in [-0.39, 0.29) is 17.3 Å². The number of ether oxygens (including phenoxy) is 1. The minimum Gasteiger partial charge on any atom is -0.464 e. The largest absolute Gasteiger partial charge is 0.464 e. The molecular formula is C13H12N2O7S. The second-order valence-corrected chi connectivity index (χ2v) is 5.41. The van der Waals surface area contributed by atoms with Gasteiger partial charge in [-0.15, -0.1) is 0 Å². The molecule has 0 saturated carbocycles. The molecule has 0 aromatic carbocycles. The predicted molar refractivity (Wildman–Crippen MR) is 79.3 cm³/mol. The Labute approximate surface area is 134 Å². The molecule has 122 valence electrons. The minimum atomic E-state index is -1.06. The molecule has 1 aliphatic heterocycles. The first-order valence-electron chi connectivity index (χ1n) is 6.53. The molecule has 0 spiro atoms. The molecule has 0 unspecified atom stereocenters. The SMILES string of the molecule is CCOC(=O)[C@@H](C)N1C(=O)S/C(=C/c2ccc([N+](=O)[O-])o2)C1=O. The molecule has 1 aromatic rings. The summed E-state index contributed by atoms with van der Waals surface area (Å²) in [5.41, 5.74) is 0. The summed E-state index contributed by atoms with van der Waals surface area (Å²) in [5, 5.41) is 9.93. The third-order valence-corrected chi connectivity index (χ3v) is 3.79. The van der Waals surface area contributed by atoms with Crippen molar-refractivity contribution in [3.63, 3.8) is 0 Å². The van der Waals surface area contributed by atoms with Crippen molar-refractivity contribution in [3.8, 4) is 0 Å². The molecule has 23 heavy (non-hydrogen) atoms. The summed E-state index contributed by atoms with van der Waals surface area (Å²) < 4.78 is 9.70. The van der Waals surface area contributed by atoms with Crippen LogP contribution in [0.2, 0.25) is 0 Å². The minimum absolute atomic E-state index is 0.00963. The molecule has 1 aliphatic rings. The normalized spacial score (nSPS) is 17.7. The summed E-state index contributed by atoms with van der Waals surface area (Å²) in [4.78, 5) is 46.5. The monoisotopic (exact) mass is 340 g/mol. The molecule has 1 aromatic heterocycles. The van der Waals surface area contributed by atoms with Gasteiger partial charge in [-0.3, -0.25) is 24.6 Å². The van der Waals surface area contributed by atoms with Gasteiger partial charge in [0, 0.05) is 6.08 Å². The number of hydrogen-bond acceptors (Lipinski definition) is 8. The highest BCUT2D eigenvalue weighted by Gasteiger charge is 2.41. The van der Waals surface area contributed by atoms with E-state index in [1.54, 1.807) is 6.92 Å². The van der Waals surface area contributed by atoms with Gasteiger partial charge >= 0.3 is 11.9 Å². The van der Waals surface area contributed by atoms with Gasteiger partial charge in [-0.25, -0.2) is 4.79 Å². The van der Waals surface area contributed by atoms with Crippen molar-refractivity contribution in [2.75, 3.05) is 6.61 Å². The van der Waals surface area contributed by atoms with Crippen LogP contribution in [0.25, 0.3) is 6.08 Å². The van der Waals surface area contributed by atoms with Crippen molar-refractivity contribution in [2.45, 2.75) is 19.9 Å². The van der Waals surface area contributed by atoms with Gasteiger partial charge in [0.1, 0.15) is 16.7 Å². The average molecular weight is 340 g/mol. The van der Waals surface area contributed by atoms with E-state index in [0.29, 0.717) is 11.8 Å². The highest BCUT2D eigenvalue weighted by atomic mass is 32.2. The first-order valence-corrected chi connectivity index (χ1v) is 7.34. The van der Waals surface area contributed by atoms with Crippen LogP contribution in [0.4, 0.5) is 10.7 Å². The second-order valence-electron chi connectivity index (χ2n) is 4.41. The summed E-state index contributed by atoms with van der Waals surface area (Å²) in [6.07, 6.45) is 1.22. The highest BCUT2D eigenvalue weighted by Crippen LogP contribution is 2.34. The molecule has 0 radical (unpaired) electrons. The van der Waals surface area contributed by atoms with E-state index >= 15 is 0 Å². The standard InChI is InChI=1S/C13H12N2O7S/c1-3-21-12(17)7(2)14-11(16)9(23-13(14)18)6-8-4-5-10(22-8)15(19)20/h4-7H,3H2,1-2H3/b9-6+/t7-/m1/s1. The van der Waals surface area contributed by atoms with Crippen LogP contribution >= 0.6 is 11.8 Å². The van der Waals surface area contributed by atoms with E-state index in [2.05, 4.69) is 0 Å². The molecule has 2 heterocycles. The number of nitro groups is 1. The fourth-order valence-corrected chi connectivity index (χ4v) is 2.72.